The highest BCUT2D eigenvalue weighted by Crippen LogP contribution is 2.15. The molecule has 2 atom stereocenters. The number of hydrogen-bond acceptors (Lipinski definition) is 2. The van der Waals surface area contributed by atoms with E-state index in [0.29, 0.717) is 11.8 Å². The molecule has 2 unspecified atom stereocenters. The van der Waals surface area contributed by atoms with Gasteiger partial charge in [0, 0.05) is 32.0 Å². The van der Waals surface area contributed by atoms with Gasteiger partial charge in [0.05, 0.1) is 6.61 Å². The Bertz CT molecular complexity index is 205. The van der Waals surface area contributed by atoms with Crippen molar-refractivity contribution < 1.29 is 9.53 Å². The minimum absolute atomic E-state index is 0.0822. The number of rotatable bonds is 4. The van der Waals surface area contributed by atoms with Crippen molar-refractivity contribution in [1.29, 1.82) is 0 Å². The molecule has 0 aromatic rings. The van der Waals surface area contributed by atoms with Gasteiger partial charge in [0.2, 0.25) is 5.91 Å². The topological polar surface area (TPSA) is 29.5 Å². The minimum atomic E-state index is -0.0822. The van der Waals surface area contributed by atoms with Gasteiger partial charge >= 0.3 is 0 Å². The van der Waals surface area contributed by atoms with Gasteiger partial charge in [0.25, 0.3) is 0 Å². The molecule has 4 heteroatoms. The molecule has 88 valence electrons. The van der Waals surface area contributed by atoms with Gasteiger partial charge in [-0.1, -0.05) is 6.92 Å². The average molecular weight is 234 g/mol. The number of carbonyl (C=O) groups excluding carboxylic acids is 1. The molecule has 0 aliphatic carbocycles. The summed E-state index contributed by atoms with van der Waals surface area (Å²) >= 11 is 5.66. The molecule has 1 amide bonds. The first-order valence-electron chi connectivity index (χ1n) is 5.53. The third-order valence-electron chi connectivity index (χ3n) is 2.82. The van der Waals surface area contributed by atoms with Crippen molar-refractivity contribution in [2.24, 2.45) is 11.8 Å². The molecule has 15 heavy (non-hydrogen) atoms. The first-order valence-corrected chi connectivity index (χ1v) is 6.07. The molecule has 3 nitrogen and oxygen atoms in total. The zero-order valence-corrected chi connectivity index (χ0v) is 10.3. The summed E-state index contributed by atoms with van der Waals surface area (Å²) in [7, 11) is 1.85. The number of ether oxygens (including phenoxy) is 1. The number of alkyl halides is 1. The van der Waals surface area contributed by atoms with Crippen LogP contribution in [-0.4, -0.2) is 43.5 Å². The van der Waals surface area contributed by atoms with Crippen LogP contribution in [0.3, 0.4) is 0 Å². The molecule has 0 bridgehead atoms. The smallest absolute Gasteiger partial charge is 0.226 e. The summed E-state index contributed by atoms with van der Waals surface area (Å²) in [5, 5.41) is 0. The van der Waals surface area contributed by atoms with Gasteiger partial charge < -0.3 is 9.64 Å². The predicted octanol–water partition coefficient (Wildman–Crippen LogP) is 1.75. The highest BCUT2D eigenvalue weighted by Gasteiger charge is 2.21. The second kappa shape index (κ2) is 6.33. The quantitative estimate of drug-likeness (QED) is 0.693. The maximum atomic E-state index is 11.7. The lowest BCUT2D eigenvalue weighted by Crippen LogP contribution is -2.38. The van der Waals surface area contributed by atoms with Crippen LogP contribution >= 0.6 is 11.6 Å². The Morgan fingerprint density at radius 3 is 2.93 bits per heavy atom. The molecule has 0 N–H and O–H groups in total. The zero-order chi connectivity index (χ0) is 11.3. The Morgan fingerprint density at radius 2 is 2.40 bits per heavy atom. The average Bonchev–Trinajstić information content (AvgIpc) is 2.28. The SMILES string of the molecule is CC(CCl)C(=O)N(C)CC1CCCOC1. The Labute approximate surface area is 96.7 Å². The number of amides is 1. The summed E-state index contributed by atoms with van der Waals surface area (Å²) in [4.78, 5) is 13.5. The monoisotopic (exact) mass is 233 g/mol. The third-order valence-corrected chi connectivity index (χ3v) is 3.28. The van der Waals surface area contributed by atoms with E-state index in [0.717, 1.165) is 32.6 Å². The molecule has 1 heterocycles. The third kappa shape index (κ3) is 3.99. The maximum Gasteiger partial charge on any atom is 0.226 e. The van der Waals surface area contributed by atoms with Crippen molar-refractivity contribution in [3.8, 4) is 0 Å². The zero-order valence-electron chi connectivity index (χ0n) is 9.54. The summed E-state index contributed by atoms with van der Waals surface area (Å²) in [5.41, 5.74) is 0. The van der Waals surface area contributed by atoms with Crippen LogP contribution in [0.15, 0.2) is 0 Å². The van der Waals surface area contributed by atoms with E-state index in [1.54, 1.807) is 4.90 Å². The normalized spacial score (nSPS) is 23.5. The van der Waals surface area contributed by atoms with Crippen molar-refractivity contribution in [1.82, 2.24) is 4.90 Å². The molecule has 0 spiro atoms. The van der Waals surface area contributed by atoms with E-state index in [1.165, 1.54) is 0 Å². The first kappa shape index (κ1) is 12.8. The lowest BCUT2D eigenvalue weighted by Gasteiger charge is -2.28. The standard InChI is InChI=1S/C11H20ClNO2/c1-9(6-12)11(14)13(2)7-10-4-3-5-15-8-10/h9-10H,3-8H2,1-2H3. The number of nitrogens with zero attached hydrogens (tertiary/aromatic N) is 1. The molecule has 1 fully saturated rings. The van der Waals surface area contributed by atoms with E-state index in [-0.39, 0.29) is 11.8 Å². The highest BCUT2D eigenvalue weighted by molar-refractivity contribution is 6.19. The van der Waals surface area contributed by atoms with E-state index in [1.807, 2.05) is 14.0 Å². The Kier molecular flexibility index (Phi) is 5.40. The molecule has 0 radical (unpaired) electrons. The van der Waals surface area contributed by atoms with Crippen LogP contribution in [-0.2, 0) is 9.53 Å². The Balaban J connectivity index is 2.33. The van der Waals surface area contributed by atoms with Gasteiger partial charge in [-0.25, -0.2) is 0 Å². The maximum absolute atomic E-state index is 11.7. The number of carbonyl (C=O) groups is 1. The summed E-state index contributed by atoms with van der Waals surface area (Å²) in [6.45, 7) is 4.31. The van der Waals surface area contributed by atoms with E-state index >= 15 is 0 Å². The van der Waals surface area contributed by atoms with Crippen molar-refractivity contribution in [3.05, 3.63) is 0 Å². The first-order chi connectivity index (χ1) is 7.15. The van der Waals surface area contributed by atoms with Crippen LogP contribution in [0.25, 0.3) is 0 Å². The molecule has 0 saturated carbocycles. The fourth-order valence-electron chi connectivity index (χ4n) is 1.87. The van der Waals surface area contributed by atoms with Crippen molar-refractivity contribution >= 4 is 17.5 Å². The summed E-state index contributed by atoms with van der Waals surface area (Å²) < 4.78 is 5.39. The second-order valence-electron chi connectivity index (χ2n) is 4.36. The summed E-state index contributed by atoms with van der Waals surface area (Å²) in [5.74, 6) is 0.941. The molecule has 1 aliphatic rings. The molecule has 0 aromatic carbocycles. The summed E-state index contributed by atoms with van der Waals surface area (Å²) in [6, 6.07) is 0. The van der Waals surface area contributed by atoms with E-state index in [4.69, 9.17) is 16.3 Å². The molecule has 0 aromatic heterocycles. The van der Waals surface area contributed by atoms with Gasteiger partial charge in [-0.3, -0.25) is 4.79 Å². The Hall–Kier alpha value is -0.280. The van der Waals surface area contributed by atoms with E-state index < -0.39 is 0 Å². The van der Waals surface area contributed by atoms with Gasteiger partial charge in [-0.15, -0.1) is 11.6 Å². The van der Waals surface area contributed by atoms with Crippen LogP contribution in [0.2, 0.25) is 0 Å². The number of hydrogen-bond donors (Lipinski definition) is 0. The largest absolute Gasteiger partial charge is 0.381 e. The molecule has 1 aliphatic heterocycles. The van der Waals surface area contributed by atoms with Crippen molar-refractivity contribution in [3.63, 3.8) is 0 Å². The molecule has 1 rings (SSSR count). The van der Waals surface area contributed by atoms with Crippen LogP contribution in [0, 0.1) is 11.8 Å². The summed E-state index contributed by atoms with van der Waals surface area (Å²) in [6.07, 6.45) is 2.27. The van der Waals surface area contributed by atoms with Gasteiger partial charge in [0.15, 0.2) is 0 Å². The van der Waals surface area contributed by atoms with Crippen molar-refractivity contribution in [2.75, 3.05) is 32.7 Å². The van der Waals surface area contributed by atoms with Crippen molar-refractivity contribution in [2.45, 2.75) is 19.8 Å². The van der Waals surface area contributed by atoms with E-state index in [2.05, 4.69) is 0 Å². The fraction of sp³-hybridized carbons (Fsp3) is 0.909. The van der Waals surface area contributed by atoms with Gasteiger partial charge in [-0.2, -0.15) is 0 Å². The number of halogens is 1. The van der Waals surface area contributed by atoms with Gasteiger partial charge in [-0.05, 0) is 18.8 Å². The van der Waals surface area contributed by atoms with E-state index in [9.17, 15) is 4.79 Å². The Morgan fingerprint density at radius 1 is 1.67 bits per heavy atom. The van der Waals surface area contributed by atoms with Crippen LogP contribution < -0.4 is 0 Å². The van der Waals surface area contributed by atoms with Gasteiger partial charge in [0.1, 0.15) is 0 Å². The fourth-order valence-corrected chi connectivity index (χ4v) is 2.00. The predicted molar refractivity (Wildman–Crippen MR) is 61.1 cm³/mol. The second-order valence-corrected chi connectivity index (χ2v) is 4.67. The van der Waals surface area contributed by atoms with Crippen LogP contribution in [0.1, 0.15) is 19.8 Å². The molecule has 1 saturated heterocycles. The molecular formula is C11H20ClNO2. The molecular weight excluding hydrogens is 214 g/mol. The lowest BCUT2D eigenvalue weighted by atomic mass is 10.0. The highest BCUT2D eigenvalue weighted by atomic mass is 35.5. The van der Waals surface area contributed by atoms with Crippen LogP contribution in [0.5, 0.6) is 0 Å². The lowest BCUT2D eigenvalue weighted by molar-refractivity contribution is -0.134. The minimum Gasteiger partial charge on any atom is -0.381 e. The van der Waals surface area contributed by atoms with Crippen LogP contribution in [0.4, 0.5) is 0 Å².